The van der Waals surface area contributed by atoms with E-state index in [4.69, 9.17) is 0 Å². The Kier molecular flexibility index (Phi) is 4.40. The van der Waals surface area contributed by atoms with Gasteiger partial charge in [0.1, 0.15) is 0 Å². The van der Waals surface area contributed by atoms with Crippen molar-refractivity contribution in [3.05, 3.63) is 0 Å². The third-order valence-corrected chi connectivity index (χ3v) is 5.10. The maximum atomic E-state index is 12.2. The SMILES string of the molecule is CC1(C)CCC(NC(=O)CC2(C(=O)O)CCCCC2)C1. The Labute approximate surface area is 121 Å². The molecule has 1 amide bonds. The molecular weight excluding hydrogens is 254 g/mol. The molecule has 2 rings (SSSR count). The molecule has 0 aromatic rings. The molecule has 2 N–H and O–H groups in total. The molecule has 1 unspecified atom stereocenters. The van der Waals surface area contributed by atoms with E-state index in [1.54, 1.807) is 0 Å². The lowest BCUT2D eigenvalue weighted by Gasteiger charge is -2.33. The molecule has 4 heteroatoms. The van der Waals surface area contributed by atoms with Gasteiger partial charge in [0.25, 0.3) is 0 Å². The lowest BCUT2D eigenvalue weighted by atomic mass is 9.71. The molecule has 4 nitrogen and oxygen atoms in total. The van der Waals surface area contributed by atoms with E-state index in [0.29, 0.717) is 18.3 Å². The highest BCUT2D eigenvalue weighted by Gasteiger charge is 2.42. The van der Waals surface area contributed by atoms with Crippen molar-refractivity contribution < 1.29 is 14.7 Å². The molecule has 0 saturated heterocycles. The average Bonchev–Trinajstić information content (AvgIpc) is 2.69. The first kappa shape index (κ1) is 15.3. The molecule has 0 bridgehead atoms. The standard InChI is InChI=1S/C16H27NO3/c1-15(2)9-6-12(10-15)17-13(18)11-16(14(19)20)7-4-3-5-8-16/h12H,3-11H2,1-2H3,(H,17,18)(H,19,20). The summed E-state index contributed by atoms with van der Waals surface area (Å²) in [6, 6.07) is 0.229. The topological polar surface area (TPSA) is 66.4 Å². The molecule has 1 atom stereocenters. The molecule has 2 saturated carbocycles. The molecular formula is C16H27NO3. The quantitative estimate of drug-likeness (QED) is 0.832. The Morgan fingerprint density at radius 2 is 1.80 bits per heavy atom. The number of rotatable bonds is 4. The summed E-state index contributed by atoms with van der Waals surface area (Å²) >= 11 is 0. The van der Waals surface area contributed by atoms with Crippen molar-refractivity contribution in [2.75, 3.05) is 0 Å². The van der Waals surface area contributed by atoms with Crippen LogP contribution < -0.4 is 5.32 Å². The van der Waals surface area contributed by atoms with E-state index < -0.39 is 11.4 Å². The van der Waals surface area contributed by atoms with Crippen molar-refractivity contribution in [1.29, 1.82) is 0 Å². The lowest BCUT2D eigenvalue weighted by Crippen LogP contribution is -2.41. The summed E-state index contributed by atoms with van der Waals surface area (Å²) in [5.41, 5.74) is -0.510. The molecule has 20 heavy (non-hydrogen) atoms. The fourth-order valence-corrected chi connectivity index (χ4v) is 3.84. The van der Waals surface area contributed by atoms with Gasteiger partial charge < -0.3 is 10.4 Å². The zero-order valence-electron chi connectivity index (χ0n) is 12.7. The van der Waals surface area contributed by atoms with E-state index >= 15 is 0 Å². The van der Waals surface area contributed by atoms with E-state index in [1.807, 2.05) is 0 Å². The number of amides is 1. The second-order valence-electron chi connectivity index (χ2n) is 7.49. The van der Waals surface area contributed by atoms with E-state index in [0.717, 1.165) is 38.5 Å². The zero-order chi connectivity index (χ0) is 14.8. The summed E-state index contributed by atoms with van der Waals surface area (Å²) in [7, 11) is 0. The molecule has 0 aromatic heterocycles. The monoisotopic (exact) mass is 281 g/mol. The summed E-state index contributed by atoms with van der Waals surface area (Å²) in [6.45, 7) is 4.44. The molecule has 0 aromatic carbocycles. The number of carbonyl (C=O) groups is 2. The molecule has 2 fully saturated rings. The molecule has 114 valence electrons. The van der Waals surface area contributed by atoms with Crippen LogP contribution in [0.25, 0.3) is 0 Å². The second kappa shape index (κ2) is 5.74. The number of carbonyl (C=O) groups excluding carboxylic acids is 1. The van der Waals surface area contributed by atoms with Gasteiger partial charge in [-0.1, -0.05) is 33.1 Å². The smallest absolute Gasteiger partial charge is 0.310 e. The predicted octanol–water partition coefficient (Wildman–Crippen LogP) is 3.11. The van der Waals surface area contributed by atoms with Crippen molar-refractivity contribution in [2.45, 2.75) is 77.7 Å². The van der Waals surface area contributed by atoms with Crippen LogP contribution in [0.3, 0.4) is 0 Å². The minimum atomic E-state index is -0.809. The lowest BCUT2D eigenvalue weighted by molar-refractivity contribution is -0.154. The zero-order valence-corrected chi connectivity index (χ0v) is 12.7. The largest absolute Gasteiger partial charge is 0.481 e. The van der Waals surface area contributed by atoms with E-state index in [2.05, 4.69) is 19.2 Å². The maximum Gasteiger partial charge on any atom is 0.310 e. The molecule has 0 aliphatic heterocycles. The molecule has 0 heterocycles. The van der Waals surface area contributed by atoms with Crippen LogP contribution in [-0.4, -0.2) is 23.0 Å². The van der Waals surface area contributed by atoms with Crippen molar-refractivity contribution in [3.8, 4) is 0 Å². The van der Waals surface area contributed by atoms with Gasteiger partial charge in [0, 0.05) is 12.5 Å². The van der Waals surface area contributed by atoms with Crippen LogP contribution in [0.5, 0.6) is 0 Å². The van der Waals surface area contributed by atoms with Crippen molar-refractivity contribution in [1.82, 2.24) is 5.32 Å². The van der Waals surface area contributed by atoms with Crippen LogP contribution in [-0.2, 0) is 9.59 Å². The highest BCUT2D eigenvalue weighted by atomic mass is 16.4. The third-order valence-electron chi connectivity index (χ3n) is 5.10. The number of hydrogen-bond donors (Lipinski definition) is 2. The molecule has 2 aliphatic rings. The van der Waals surface area contributed by atoms with Gasteiger partial charge in [0.05, 0.1) is 5.41 Å². The van der Waals surface area contributed by atoms with Gasteiger partial charge in [-0.25, -0.2) is 0 Å². The summed E-state index contributed by atoms with van der Waals surface area (Å²) in [4.78, 5) is 23.8. The van der Waals surface area contributed by atoms with Gasteiger partial charge in [-0.15, -0.1) is 0 Å². The van der Waals surface area contributed by atoms with Crippen LogP contribution in [0.15, 0.2) is 0 Å². The fourth-order valence-electron chi connectivity index (χ4n) is 3.84. The Balaban J connectivity index is 1.91. The number of hydrogen-bond acceptors (Lipinski definition) is 2. The third kappa shape index (κ3) is 3.53. The van der Waals surface area contributed by atoms with Gasteiger partial charge in [0.15, 0.2) is 0 Å². The van der Waals surface area contributed by atoms with E-state index in [-0.39, 0.29) is 18.4 Å². The number of carboxylic acids is 1. The van der Waals surface area contributed by atoms with Gasteiger partial charge in [0.2, 0.25) is 5.91 Å². The Bertz CT molecular complexity index is 383. The number of nitrogens with one attached hydrogen (secondary N) is 1. The number of aliphatic carboxylic acids is 1. The summed E-state index contributed by atoms with van der Waals surface area (Å²) in [6.07, 6.45) is 7.52. The normalized spacial score (nSPS) is 28.0. The highest BCUT2D eigenvalue weighted by molar-refractivity contribution is 5.85. The summed E-state index contributed by atoms with van der Waals surface area (Å²) in [5, 5.41) is 12.6. The minimum Gasteiger partial charge on any atom is -0.481 e. The first-order valence-corrected chi connectivity index (χ1v) is 7.86. The molecule has 0 spiro atoms. The highest BCUT2D eigenvalue weighted by Crippen LogP contribution is 2.40. The minimum absolute atomic E-state index is 0.0722. The first-order valence-electron chi connectivity index (χ1n) is 7.86. The van der Waals surface area contributed by atoms with E-state index in [1.165, 1.54) is 0 Å². The first-order chi connectivity index (χ1) is 9.33. The van der Waals surface area contributed by atoms with Crippen LogP contribution in [0.1, 0.15) is 71.6 Å². The summed E-state index contributed by atoms with van der Waals surface area (Å²) < 4.78 is 0. The Morgan fingerprint density at radius 3 is 2.30 bits per heavy atom. The summed E-state index contributed by atoms with van der Waals surface area (Å²) in [5.74, 6) is -0.865. The van der Waals surface area contributed by atoms with Gasteiger partial charge in [-0.3, -0.25) is 9.59 Å². The van der Waals surface area contributed by atoms with Gasteiger partial charge in [-0.05, 0) is 37.5 Å². The Hall–Kier alpha value is -1.06. The average molecular weight is 281 g/mol. The van der Waals surface area contributed by atoms with Crippen molar-refractivity contribution >= 4 is 11.9 Å². The van der Waals surface area contributed by atoms with Crippen LogP contribution in [0.2, 0.25) is 0 Å². The van der Waals surface area contributed by atoms with Crippen molar-refractivity contribution in [3.63, 3.8) is 0 Å². The number of carboxylic acid groups (broad SMARTS) is 1. The second-order valence-corrected chi connectivity index (χ2v) is 7.49. The van der Waals surface area contributed by atoms with Crippen LogP contribution in [0, 0.1) is 10.8 Å². The fraction of sp³-hybridized carbons (Fsp3) is 0.875. The predicted molar refractivity (Wildman–Crippen MR) is 77.3 cm³/mol. The Morgan fingerprint density at radius 1 is 1.15 bits per heavy atom. The molecule has 2 aliphatic carbocycles. The van der Waals surface area contributed by atoms with Crippen molar-refractivity contribution in [2.24, 2.45) is 10.8 Å². The van der Waals surface area contributed by atoms with Gasteiger partial charge in [-0.2, -0.15) is 0 Å². The van der Waals surface area contributed by atoms with Crippen LogP contribution in [0.4, 0.5) is 0 Å². The maximum absolute atomic E-state index is 12.2. The molecule has 0 radical (unpaired) electrons. The van der Waals surface area contributed by atoms with Crippen LogP contribution >= 0.6 is 0 Å². The van der Waals surface area contributed by atoms with Gasteiger partial charge >= 0.3 is 5.97 Å². The van der Waals surface area contributed by atoms with E-state index in [9.17, 15) is 14.7 Å².